The van der Waals surface area contributed by atoms with Gasteiger partial charge in [-0.15, -0.1) is 5.10 Å². The summed E-state index contributed by atoms with van der Waals surface area (Å²) in [7, 11) is 0. The van der Waals surface area contributed by atoms with Gasteiger partial charge in [0.05, 0.1) is 24.7 Å². The molecule has 4 aromatic rings. The highest BCUT2D eigenvalue weighted by Gasteiger charge is 2.13. The van der Waals surface area contributed by atoms with Crippen LogP contribution in [0.4, 0.5) is 0 Å². The number of aryl methyl sites for hydroxylation is 3. The molecule has 0 unspecified atom stereocenters. The van der Waals surface area contributed by atoms with Crippen LogP contribution >= 0.6 is 12.2 Å². The Morgan fingerprint density at radius 2 is 2.04 bits per heavy atom. The Morgan fingerprint density at radius 3 is 2.71 bits per heavy atom. The van der Waals surface area contributed by atoms with E-state index in [0.717, 1.165) is 34.1 Å². The summed E-state index contributed by atoms with van der Waals surface area (Å²) in [6.45, 7) is 8.72. The normalized spacial score (nSPS) is 11.7. The molecule has 0 aliphatic rings. The van der Waals surface area contributed by atoms with Crippen LogP contribution in [0.1, 0.15) is 34.1 Å². The Kier molecular flexibility index (Phi) is 4.60. The van der Waals surface area contributed by atoms with E-state index in [2.05, 4.69) is 44.9 Å². The molecule has 0 saturated carbocycles. The summed E-state index contributed by atoms with van der Waals surface area (Å²) in [5, 5.41) is 16.1. The zero-order chi connectivity index (χ0) is 19.8. The minimum Gasteiger partial charge on any atom is -0.467 e. The van der Waals surface area contributed by atoms with Gasteiger partial charge in [-0.1, -0.05) is 0 Å². The molecule has 0 aromatic carbocycles. The number of aromatic amines is 1. The molecule has 0 atom stereocenters. The first-order valence-electron chi connectivity index (χ1n) is 8.88. The molecule has 144 valence electrons. The Balaban J connectivity index is 1.68. The van der Waals surface area contributed by atoms with Crippen LogP contribution in [0.3, 0.4) is 0 Å². The van der Waals surface area contributed by atoms with Crippen molar-refractivity contribution in [2.75, 3.05) is 0 Å². The van der Waals surface area contributed by atoms with E-state index in [0.29, 0.717) is 17.3 Å². The molecule has 1 N–H and O–H groups in total. The fourth-order valence-corrected chi connectivity index (χ4v) is 3.41. The fourth-order valence-electron chi connectivity index (χ4n) is 3.24. The molecule has 28 heavy (non-hydrogen) atoms. The van der Waals surface area contributed by atoms with Gasteiger partial charge in [0, 0.05) is 22.6 Å². The van der Waals surface area contributed by atoms with E-state index in [1.165, 1.54) is 0 Å². The molecule has 0 spiro atoms. The van der Waals surface area contributed by atoms with Gasteiger partial charge in [-0.05, 0) is 64.2 Å². The van der Waals surface area contributed by atoms with Gasteiger partial charge in [-0.3, -0.25) is 0 Å². The molecule has 0 radical (unpaired) electrons. The third-order valence-corrected chi connectivity index (χ3v) is 4.92. The average Bonchev–Trinajstić information content (AvgIpc) is 3.40. The molecule has 0 saturated heterocycles. The molecule has 0 aliphatic heterocycles. The maximum Gasteiger partial charge on any atom is 0.271 e. The lowest BCUT2D eigenvalue weighted by Gasteiger charge is -2.07. The van der Waals surface area contributed by atoms with Crippen molar-refractivity contribution >= 4 is 18.4 Å². The molecular formula is C19H21N7OS. The first-order chi connectivity index (χ1) is 13.4. The van der Waals surface area contributed by atoms with Crippen molar-refractivity contribution in [2.45, 2.75) is 34.2 Å². The van der Waals surface area contributed by atoms with Crippen LogP contribution in [0.5, 0.6) is 0 Å². The highest BCUT2D eigenvalue weighted by Crippen LogP contribution is 2.17. The van der Waals surface area contributed by atoms with Gasteiger partial charge in [-0.25, -0.2) is 9.78 Å². The van der Waals surface area contributed by atoms with Gasteiger partial charge in [0.15, 0.2) is 0 Å². The van der Waals surface area contributed by atoms with Gasteiger partial charge in [-0.2, -0.15) is 14.9 Å². The summed E-state index contributed by atoms with van der Waals surface area (Å²) in [6.07, 6.45) is 3.48. The summed E-state index contributed by atoms with van der Waals surface area (Å²) < 4.78 is 11.4. The van der Waals surface area contributed by atoms with E-state index >= 15 is 0 Å². The molecule has 0 fully saturated rings. The first kappa shape index (κ1) is 18.2. The van der Waals surface area contributed by atoms with Crippen molar-refractivity contribution in [3.63, 3.8) is 0 Å². The maximum absolute atomic E-state index is 5.47. The van der Waals surface area contributed by atoms with Crippen LogP contribution in [-0.4, -0.2) is 35.4 Å². The predicted octanol–water partition coefficient (Wildman–Crippen LogP) is 3.69. The van der Waals surface area contributed by atoms with E-state index in [-0.39, 0.29) is 0 Å². The van der Waals surface area contributed by atoms with Crippen molar-refractivity contribution in [3.05, 3.63) is 69.4 Å². The van der Waals surface area contributed by atoms with Gasteiger partial charge < -0.3 is 8.98 Å². The molecule has 8 nitrogen and oxygen atoms in total. The summed E-state index contributed by atoms with van der Waals surface area (Å²) in [4.78, 5) is 0. The van der Waals surface area contributed by atoms with Crippen molar-refractivity contribution in [3.8, 4) is 5.95 Å². The third-order valence-electron chi connectivity index (χ3n) is 4.65. The lowest BCUT2D eigenvalue weighted by Crippen LogP contribution is -2.07. The van der Waals surface area contributed by atoms with E-state index < -0.39 is 0 Å². The summed E-state index contributed by atoms with van der Waals surface area (Å²) in [5.74, 6) is 1.44. The Bertz CT molecular complexity index is 1200. The van der Waals surface area contributed by atoms with Crippen molar-refractivity contribution < 1.29 is 4.42 Å². The topological polar surface area (TPSA) is 81.9 Å². The number of hydrogen-bond acceptors (Lipinski definition) is 5. The molecule has 4 heterocycles. The number of furan rings is 1. The second-order valence-electron chi connectivity index (χ2n) is 6.72. The van der Waals surface area contributed by atoms with Crippen LogP contribution < -0.4 is 0 Å². The van der Waals surface area contributed by atoms with E-state index in [9.17, 15) is 0 Å². The number of rotatable bonds is 5. The van der Waals surface area contributed by atoms with Crippen LogP contribution in [0.25, 0.3) is 5.95 Å². The highest BCUT2D eigenvalue weighted by molar-refractivity contribution is 7.71. The van der Waals surface area contributed by atoms with E-state index in [4.69, 9.17) is 16.6 Å². The molecule has 0 aliphatic carbocycles. The number of hydrogen-bond donors (Lipinski definition) is 1. The minimum atomic E-state index is 0.406. The summed E-state index contributed by atoms with van der Waals surface area (Å²) in [6, 6.07) is 7.94. The number of H-pyrrole nitrogens is 1. The molecule has 0 bridgehead atoms. The summed E-state index contributed by atoms with van der Waals surface area (Å²) in [5.41, 5.74) is 5.10. The molecule has 9 heteroatoms. The minimum absolute atomic E-state index is 0.406. The van der Waals surface area contributed by atoms with Crippen LogP contribution in [0.2, 0.25) is 0 Å². The van der Waals surface area contributed by atoms with E-state index in [1.807, 2.05) is 32.0 Å². The lowest BCUT2D eigenvalue weighted by molar-refractivity contribution is 0.489. The second-order valence-corrected chi connectivity index (χ2v) is 7.10. The monoisotopic (exact) mass is 395 g/mol. The Labute approximate surface area is 167 Å². The third kappa shape index (κ3) is 3.24. The number of aromatic nitrogens is 6. The number of nitrogens with one attached hydrogen (secondary N) is 1. The molecule has 4 aromatic heterocycles. The number of nitrogens with zero attached hydrogens (tertiary/aromatic N) is 6. The Morgan fingerprint density at radius 1 is 1.21 bits per heavy atom. The highest BCUT2D eigenvalue weighted by atomic mass is 32.1. The lowest BCUT2D eigenvalue weighted by atomic mass is 10.3. The largest absolute Gasteiger partial charge is 0.467 e. The zero-order valence-corrected chi connectivity index (χ0v) is 17.0. The van der Waals surface area contributed by atoms with Gasteiger partial charge in [0.2, 0.25) is 4.77 Å². The summed E-state index contributed by atoms with van der Waals surface area (Å²) >= 11 is 5.35. The van der Waals surface area contributed by atoms with Gasteiger partial charge in [0.1, 0.15) is 5.76 Å². The fraction of sp³-hybridized carbons (Fsp3) is 0.263. The SMILES string of the molecule is Cc1cc(C)n(-c2n[nH]c(=S)n2/N=C\c2cc(C)n(Cc3ccco3)c2C)n1. The van der Waals surface area contributed by atoms with Crippen molar-refractivity contribution in [1.82, 2.24) is 29.2 Å². The zero-order valence-electron chi connectivity index (χ0n) is 16.2. The first-order valence-corrected chi connectivity index (χ1v) is 9.29. The smallest absolute Gasteiger partial charge is 0.271 e. The van der Waals surface area contributed by atoms with Gasteiger partial charge >= 0.3 is 0 Å². The van der Waals surface area contributed by atoms with Crippen LogP contribution in [-0.2, 0) is 6.54 Å². The standard InChI is InChI=1S/C19H21N7OS/c1-12-8-14(3)25(23-12)18-21-22-19(28)26(18)20-10-16-9-13(2)24(15(16)4)11-17-6-5-7-27-17/h5-10H,11H2,1-4H3,(H,22,28)/b20-10-. The van der Waals surface area contributed by atoms with Crippen molar-refractivity contribution in [2.24, 2.45) is 5.10 Å². The quantitative estimate of drug-likeness (QED) is 0.413. The van der Waals surface area contributed by atoms with Crippen LogP contribution in [0.15, 0.2) is 40.0 Å². The van der Waals surface area contributed by atoms with Crippen molar-refractivity contribution in [1.29, 1.82) is 0 Å². The maximum atomic E-state index is 5.47. The molecule has 0 amide bonds. The molecular weight excluding hydrogens is 374 g/mol. The second kappa shape index (κ2) is 7.08. The Hall–Kier alpha value is -3.20. The predicted molar refractivity (Wildman–Crippen MR) is 109 cm³/mol. The average molecular weight is 395 g/mol. The van der Waals surface area contributed by atoms with E-state index in [1.54, 1.807) is 21.8 Å². The van der Waals surface area contributed by atoms with Crippen LogP contribution in [0, 0.1) is 32.5 Å². The molecule has 4 rings (SSSR count). The van der Waals surface area contributed by atoms with Gasteiger partial charge in [0.25, 0.3) is 5.95 Å².